The normalized spacial score (nSPS) is 11.4. The second-order valence-corrected chi connectivity index (χ2v) is 9.55. The summed E-state index contributed by atoms with van der Waals surface area (Å²) >= 11 is 0. The lowest BCUT2D eigenvalue weighted by molar-refractivity contribution is 0.0299. The predicted molar refractivity (Wildman–Crippen MR) is 139 cm³/mol. The molecule has 0 bridgehead atoms. The van der Waals surface area contributed by atoms with Crippen molar-refractivity contribution < 1.29 is 23.8 Å². The van der Waals surface area contributed by atoms with E-state index in [0.29, 0.717) is 29.3 Å². The van der Waals surface area contributed by atoms with Crippen LogP contribution in [0.2, 0.25) is 0 Å². The van der Waals surface area contributed by atoms with Gasteiger partial charge < -0.3 is 24.4 Å². The van der Waals surface area contributed by atoms with E-state index in [1.807, 2.05) is 36.4 Å². The van der Waals surface area contributed by atoms with Crippen LogP contribution in [0.5, 0.6) is 11.5 Å². The van der Waals surface area contributed by atoms with E-state index in [2.05, 4.69) is 15.5 Å². The lowest BCUT2D eigenvalue weighted by Crippen LogP contribution is -2.39. The number of carbonyl (C=O) groups is 2. The number of nitrogens with one attached hydrogen (secondary N) is 1. The molecule has 2 aromatic heterocycles. The third kappa shape index (κ3) is 6.27. The Morgan fingerprint density at radius 2 is 1.89 bits per heavy atom. The molecule has 0 unspecified atom stereocenters. The molecule has 4 aromatic rings. The largest absolute Gasteiger partial charge is 0.497 e. The monoisotopic (exact) mass is 505 g/mol. The second kappa shape index (κ2) is 10.7. The van der Waals surface area contributed by atoms with Crippen LogP contribution in [0.4, 0.5) is 4.79 Å². The Bertz CT molecular complexity index is 1430. The third-order valence-corrected chi connectivity index (χ3v) is 5.58. The summed E-state index contributed by atoms with van der Waals surface area (Å²) in [6.07, 6.45) is 1.23. The Labute approximate surface area is 215 Å². The Kier molecular flexibility index (Phi) is 7.47. The fraction of sp³-hybridized carbons (Fsp3) is 0.333. The molecule has 0 spiro atoms. The van der Waals surface area contributed by atoms with Gasteiger partial charge in [-0.3, -0.25) is 9.20 Å². The summed E-state index contributed by atoms with van der Waals surface area (Å²) in [6, 6.07) is 15.0. The van der Waals surface area contributed by atoms with E-state index in [1.165, 1.54) is 4.90 Å². The fourth-order valence-electron chi connectivity index (χ4n) is 3.67. The first-order chi connectivity index (χ1) is 17.6. The molecular formula is C27H31N5O5. The zero-order chi connectivity index (χ0) is 26.6. The lowest BCUT2D eigenvalue weighted by atomic mass is 10.1. The molecule has 10 heteroatoms. The van der Waals surface area contributed by atoms with Gasteiger partial charge in [0.25, 0.3) is 5.91 Å². The smallest absolute Gasteiger partial charge is 0.410 e. The number of amides is 2. The minimum atomic E-state index is -0.578. The van der Waals surface area contributed by atoms with Crippen LogP contribution >= 0.6 is 0 Å². The molecule has 0 saturated heterocycles. The maximum atomic E-state index is 12.7. The van der Waals surface area contributed by atoms with Crippen molar-refractivity contribution in [1.29, 1.82) is 0 Å². The minimum Gasteiger partial charge on any atom is -0.497 e. The number of hydrogen-bond donors (Lipinski definition) is 1. The van der Waals surface area contributed by atoms with Crippen molar-refractivity contribution in [2.24, 2.45) is 0 Å². The molecule has 0 aliphatic rings. The van der Waals surface area contributed by atoms with Gasteiger partial charge in [0, 0.05) is 31.7 Å². The number of hydrogen-bond acceptors (Lipinski definition) is 7. The van der Waals surface area contributed by atoms with Crippen LogP contribution in [0.25, 0.3) is 16.4 Å². The first kappa shape index (κ1) is 25.7. The maximum Gasteiger partial charge on any atom is 0.410 e. The summed E-state index contributed by atoms with van der Waals surface area (Å²) in [7, 11) is 3.26. The Morgan fingerprint density at radius 1 is 1.08 bits per heavy atom. The van der Waals surface area contributed by atoms with E-state index in [4.69, 9.17) is 14.2 Å². The summed E-state index contributed by atoms with van der Waals surface area (Å²) in [5.41, 5.74) is 0.457. The van der Waals surface area contributed by atoms with Crippen molar-refractivity contribution in [3.63, 3.8) is 0 Å². The molecule has 0 aliphatic carbocycles. The van der Waals surface area contributed by atoms with Gasteiger partial charge in [-0.2, -0.15) is 0 Å². The van der Waals surface area contributed by atoms with Gasteiger partial charge in [-0.25, -0.2) is 4.79 Å². The molecule has 0 aliphatic heterocycles. The van der Waals surface area contributed by atoms with E-state index in [-0.39, 0.29) is 19.1 Å². The average molecular weight is 506 g/mol. The van der Waals surface area contributed by atoms with Crippen LogP contribution in [-0.4, -0.2) is 64.3 Å². The third-order valence-electron chi connectivity index (χ3n) is 5.58. The molecule has 1 N–H and O–H groups in total. The number of carbonyl (C=O) groups excluding carboxylic acids is 2. The number of aromatic nitrogens is 3. The summed E-state index contributed by atoms with van der Waals surface area (Å²) in [5, 5.41) is 13.2. The van der Waals surface area contributed by atoms with Crippen molar-refractivity contribution >= 4 is 28.4 Å². The molecule has 0 radical (unpaired) electrons. The van der Waals surface area contributed by atoms with Crippen molar-refractivity contribution in [2.75, 3.05) is 27.2 Å². The Hall–Kier alpha value is -4.34. The standard InChI is InChI=1S/C27H31N5O5/c1-27(2,3)37-26(34)31(4)14-13-28-25(33)19-9-12-23-29-30-24(32(23)16-19)17-36-22-8-6-7-18-15-20(35-5)10-11-21(18)22/h6-12,15-16H,13-14,17H2,1-5H3,(H,28,33). The number of benzene rings is 2. The van der Waals surface area contributed by atoms with E-state index < -0.39 is 11.7 Å². The van der Waals surface area contributed by atoms with Crippen LogP contribution < -0.4 is 14.8 Å². The number of rotatable bonds is 8. The van der Waals surface area contributed by atoms with E-state index in [9.17, 15) is 9.59 Å². The topological polar surface area (TPSA) is 107 Å². The highest BCUT2D eigenvalue weighted by Gasteiger charge is 2.19. The molecule has 2 amide bonds. The minimum absolute atomic E-state index is 0.165. The Morgan fingerprint density at radius 3 is 2.65 bits per heavy atom. The summed E-state index contributed by atoms with van der Waals surface area (Å²) in [5.74, 6) is 1.76. The molecule has 2 heterocycles. The summed E-state index contributed by atoms with van der Waals surface area (Å²) in [6.45, 7) is 6.17. The van der Waals surface area contributed by atoms with Crippen LogP contribution in [0.3, 0.4) is 0 Å². The van der Waals surface area contributed by atoms with Crippen molar-refractivity contribution in [1.82, 2.24) is 24.8 Å². The maximum absolute atomic E-state index is 12.7. The summed E-state index contributed by atoms with van der Waals surface area (Å²) < 4.78 is 18.4. The lowest BCUT2D eigenvalue weighted by Gasteiger charge is -2.24. The highest BCUT2D eigenvalue weighted by molar-refractivity contribution is 5.94. The molecule has 2 aromatic carbocycles. The molecule has 194 valence electrons. The van der Waals surface area contributed by atoms with Gasteiger partial charge >= 0.3 is 6.09 Å². The second-order valence-electron chi connectivity index (χ2n) is 9.55. The average Bonchev–Trinajstić information content (AvgIpc) is 3.28. The highest BCUT2D eigenvalue weighted by Crippen LogP contribution is 2.29. The highest BCUT2D eigenvalue weighted by atomic mass is 16.6. The molecular weight excluding hydrogens is 474 g/mol. The van der Waals surface area contributed by atoms with Gasteiger partial charge in [-0.1, -0.05) is 12.1 Å². The number of nitrogens with zero attached hydrogens (tertiary/aromatic N) is 4. The molecule has 4 rings (SSSR count). The zero-order valence-corrected chi connectivity index (χ0v) is 21.6. The van der Waals surface area contributed by atoms with Gasteiger partial charge in [0.1, 0.15) is 23.7 Å². The Balaban J connectivity index is 1.41. The summed E-state index contributed by atoms with van der Waals surface area (Å²) in [4.78, 5) is 26.2. The number of methoxy groups -OCH3 is 1. The molecule has 0 saturated carbocycles. The van der Waals surface area contributed by atoms with Crippen molar-refractivity contribution in [3.8, 4) is 11.5 Å². The molecule has 0 fully saturated rings. The van der Waals surface area contributed by atoms with Crippen LogP contribution in [-0.2, 0) is 11.3 Å². The first-order valence-electron chi connectivity index (χ1n) is 11.9. The van der Waals surface area contributed by atoms with Gasteiger partial charge in [0.15, 0.2) is 11.5 Å². The quantitative estimate of drug-likeness (QED) is 0.385. The number of pyridine rings is 1. The molecule has 37 heavy (non-hydrogen) atoms. The molecule has 10 nitrogen and oxygen atoms in total. The van der Waals surface area contributed by atoms with Gasteiger partial charge in [-0.05, 0) is 62.6 Å². The van der Waals surface area contributed by atoms with E-state index >= 15 is 0 Å². The van der Waals surface area contributed by atoms with E-state index in [0.717, 1.165) is 16.5 Å². The van der Waals surface area contributed by atoms with Crippen LogP contribution in [0.15, 0.2) is 54.7 Å². The predicted octanol–water partition coefficient (Wildman–Crippen LogP) is 4.07. The fourth-order valence-corrected chi connectivity index (χ4v) is 3.67. The number of fused-ring (bicyclic) bond motifs is 2. The zero-order valence-electron chi connectivity index (χ0n) is 21.6. The van der Waals surface area contributed by atoms with Gasteiger partial charge in [0.2, 0.25) is 0 Å². The van der Waals surface area contributed by atoms with Crippen molar-refractivity contribution in [3.05, 3.63) is 66.1 Å². The number of ether oxygens (including phenoxy) is 3. The van der Waals surface area contributed by atoms with Crippen molar-refractivity contribution in [2.45, 2.75) is 33.0 Å². The van der Waals surface area contributed by atoms with Crippen LogP contribution in [0, 0.1) is 0 Å². The van der Waals surface area contributed by atoms with Gasteiger partial charge in [-0.15, -0.1) is 10.2 Å². The van der Waals surface area contributed by atoms with Crippen LogP contribution in [0.1, 0.15) is 37.0 Å². The first-order valence-corrected chi connectivity index (χ1v) is 11.9. The SMILES string of the molecule is COc1ccc2c(OCc3nnc4ccc(C(=O)NCCN(C)C(=O)OC(C)(C)C)cn34)cccc2c1. The number of likely N-dealkylation sites (N-methyl/N-ethyl adjacent to an activating group) is 1. The van der Waals surface area contributed by atoms with E-state index in [1.54, 1.807) is 57.7 Å². The molecule has 0 atom stereocenters. The van der Waals surface area contributed by atoms with Gasteiger partial charge in [0.05, 0.1) is 12.7 Å².